The minimum atomic E-state index is 0.288. The monoisotopic (exact) mass is 336 g/mol. The first-order valence-electron chi connectivity index (χ1n) is 8.85. The van der Waals surface area contributed by atoms with Gasteiger partial charge in [-0.1, -0.05) is 6.07 Å². The molecule has 0 unspecified atom stereocenters. The van der Waals surface area contributed by atoms with Crippen LogP contribution < -0.4 is 0 Å². The van der Waals surface area contributed by atoms with Gasteiger partial charge in [-0.3, -0.25) is 10.00 Å². The fourth-order valence-electron chi connectivity index (χ4n) is 3.82. The lowest BCUT2D eigenvalue weighted by Crippen LogP contribution is -2.25. The van der Waals surface area contributed by atoms with Gasteiger partial charge in [-0.15, -0.1) is 0 Å². The summed E-state index contributed by atoms with van der Waals surface area (Å²) in [5.41, 5.74) is 5.06. The molecule has 3 heterocycles. The van der Waals surface area contributed by atoms with E-state index in [0.717, 1.165) is 31.2 Å². The lowest BCUT2D eigenvalue weighted by atomic mass is 10.0. The van der Waals surface area contributed by atoms with Gasteiger partial charge in [-0.2, -0.15) is 10.2 Å². The summed E-state index contributed by atoms with van der Waals surface area (Å²) in [6, 6.07) is 6.73. The van der Waals surface area contributed by atoms with Crippen molar-refractivity contribution in [2.75, 3.05) is 6.54 Å². The Balaban J connectivity index is 1.68. The average molecular weight is 336 g/mol. The number of aromatic nitrogens is 5. The fraction of sp³-hybridized carbons (Fsp3) is 0.421. The molecule has 0 spiro atoms. The quantitative estimate of drug-likeness (QED) is 0.794. The zero-order valence-corrected chi connectivity index (χ0v) is 15.0. The molecule has 3 aromatic rings. The number of nitrogens with zero attached hydrogens (tertiary/aromatic N) is 5. The molecular formula is C19H24N6. The first-order valence-corrected chi connectivity index (χ1v) is 8.85. The largest absolute Gasteiger partial charge is 0.289 e. The number of rotatable bonds is 4. The van der Waals surface area contributed by atoms with Crippen LogP contribution >= 0.6 is 0 Å². The molecule has 2 aromatic heterocycles. The van der Waals surface area contributed by atoms with Crippen LogP contribution in [0.25, 0.3) is 5.69 Å². The van der Waals surface area contributed by atoms with E-state index in [0.29, 0.717) is 0 Å². The highest BCUT2D eigenvalue weighted by Crippen LogP contribution is 2.33. The molecular weight excluding hydrogens is 312 g/mol. The van der Waals surface area contributed by atoms with E-state index in [1.165, 1.54) is 28.8 Å². The second-order valence-corrected chi connectivity index (χ2v) is 6.94. The molecule has 25 heavy (non-hydrogen) atoms. The zero-order chi connectivity index (χ0) is 17.4. The van der Waals surface area contributed by atoms with Crippen molar-refractivity contribution in [1.82, 2.24) is 29.9 Å². The van der Waals surface area contributed by atoms with Crippen molar-refractivity contribution in [1.29, 1.82) is 0 Å². The van der Waals surface area contributed by atoms with Gasteiger partial charge in [0.25, 0.3) is 0 Å². The van der Waals surface area contributed by atoms with Gasteiger partial charge in [0, 0.05) is 18.9 Å². The Hall–Kier alpha value is -2.47. The Bertz CT molecular complexity index is 864. The zero-order valence-electron chi connectivity index (χ0n) is 15.0. The van der Waals surface area contributed by atoms with Crippen LogP contribution in [-0.4, -0.2) is 36.4 Å². The molecule has 1 fully saturated rings. The summed E-state index contributed by atoms with van der Waals surface area (Å²) in [4.78, 5) is 7.06. The third-order valence-electron chi connectivity index (χ3n) is 4.98. The molecule has 0 aliphatic carbocycles. The molecule has 1 aliphatic rings. The van der Waals surface area contributed by atoms with E-state index in [2.05, 4.69) is 51.2 Å². The molecule has 6 nitrogen and oxygen atoms in total. The maximum Gasteiger partial charge on any atom is 0.167 e. The Labute approximate surface area is 147 Å². The number of hydrogen-bond donors (Lipinski definition) is 1. The molecule has 6 heteroatoms. The SMILES string of the molecule is Cc1cc(C)c(CN2CCC[C@@H]2c2n[nH]c(C)n2)c(-n2cccn2)c1. The van der Waals surface area contributed by atoms with E-state index in [-0.39, 0.29) is 6.04 Å². The third-order valence-corrected chi connectivity index (χ3v) is 4.98. The van der Waals surface area contributed by atoms with E-state index in [9.17, 15) is 0 Å². The highest BCUT2D eigenvalue weighted by Gasteiger charge is 2.30. The van der Waals surface area contributed by atoms with Crippen LogP contribution in [-0.2, 0) is 6.54 Å². The lowest BCUT2D eigenvalue weighted by Gasteiger charge is -2.25. The molecule has 0 amide bonds. The van der Waals surface area contributed by atoms with Gasteiger partial charge in [-0.25, -0.2) is 9.67 Å². The number of nitrogens with one attached hydrogen (secondary N) is 1. The molecule has 0 radical (unpaired) electrons. The van der Waals surface area contributed by atoms with Gasteiger partial charge in [0.05, 0.1) is 11.7 Å². The van der Waals surface area contributed by atoms with Gasteiger partial charge in [-0.05, 0) is 69.0 Å². The fourth-order valence-corrected chi connectivity index (χ4v) is 3.82. The second-order valence-electron chi connectivity index (χ2n) is 6.94. The Kier molecular flexibility index (Phi) is 4.13. The normalized spacial score (nSPS) is 18.1. The maximum absolute atomic E-state index is 4.57. The van der Waals surface area contributed by atoms with Crippen molar-refractivity contribution in [2.24, 2.45) is 0 Å². The molecule has 1 aliphatic heterocycles. The first-order chi connectivity index (χ1) is 12.1. The highest BCUT2D eigenvalue weighted by molar-refractivity contribution is 5.48. The van der Waals surface area contributed by atoms with Crippen molar-refractivity contribution >= 4 is 0 Å². The molecule has 1 atom stereocenters. The predicted molar refractivity (Wildman–Crippen MR) is 96.5 cm³/mol. The smallest absolute Gasteiger partial charge is 0.167 e. The molecule has 130 valence electrons. The van der Waals surface area contributed by atoms with Crippen molar-refractivity contribution in [3.05, 3.63) is 58.9 Å². The Morgan fingerprint density at radius 3 is 2.84 bits per heavy atom. The van der Waals surface area contributed by atoms with Crippen LogP contribution in [0.2, 0.25) is 0 Å². The number of H-pyrrole nitrogens is 1. The Morgan fingerprint density at radius 2 is 2.12 bits per heavy atom. The van der Waals surface area contributed by atoms with Crippen LogP contribution in [0, 0.1) is 20.8 Å². The summed E-state index contributed by atoms with van der Waals surface area (Å²) < 4.78 is 1.97. The van der Waals surface area contributed by atoms with Crippen molar-refractivity contribution in [2.45, 2.75) is 46.2 Å². The summed E-state index contributed by atoms with van der Waals surface area (Å²) in [6.45, 7) is 8.25. The molecule has 1 saturated heterocycles. The van der Waals surface area contributed by atoms with Gasteiger partial charge >= 0.3 is 0 Å². The lowest BCUT2D eigenvalue weighted by molar-refractivity contribution is 0.239. The molecule has 4 rings (SSSR count). The van der Waals surface area contributed by atoms with Crippen molar-refractivity contribution in [3.63, 3.8) is 0 Å². The van der Waals surface area contributed by atoms with Gasteiger partial charge in [0.1, 0.15) is 5.82 Å². The summed E-state index contributed by atoms with van der Waals surface area (Å²) >= 11 is 0. The van der Waals surface area contributed by atoms with Gasteiger partial charge < -0.3 is 0 Å². The minimum Gasteiger partial charge on any atom is -0.289 e. The van der Waals surface area contributed by atoms with Crippen molar-refractivity contribution in [3.8, 4) is 5.69 Å². The number of aromatic amines is 1. The summed E-state index contributed by atoms with van der Waals surface area (Å²) in [6.07, 6.45) is 6.13. The Morgan fingerprint density at radius 1 is 1.24 bits per heavy atom. The minimum absolute atomic E-state index is 0.288. The average Bonchev–Trinajstić information content (AvgIpc) is 3.31. The van der Waals surface area contributed by atoms with Crippen LogP contribution in [0.3, 0.4) is 0 Å². The van der Waals surface area contributed by atoms with E-state index >= 15 is 0 Å². The molecule has 1 aromatic carbocycles. The summed E-state index contributed by atoms with van der Waals surface area (Å²) in [5.74, 6) is 1.80. The standard InChI is InChI=1S/C19H24N6/c1-13-10-14(2)16(18(11-13)25-9-5-7-20-25)12-24-8-4-6-17(24)19-21-15(3)22-23-19/h5,7,9-11,17H,4,6,8,12H2,1-3H3,(H,21,22,23)/t17-/m1/s1. The highest BCUT2D eigenvalue weighted by atomic mass is 15.3. The van der Waals surface area contributed by atoms with Gasteiger partial charge in [0.15, 0.2) is 5.82 Å². The van der Waals surface area contributed by atoms with Crippen LogP contribution in [0.5, 0.6) is 0 Å². The summed E-state index contributed by atoms with van der Waals surface area (Å²) in [5, 5.41) is 11.8. The number of likely N-dealkylation sites (tertiary alicyclic amines) is 1. The van der Waals surface area contributed by atoms with Gasteiger partial charge in [0.2, 0.25) is 0 Å². The summed E-state index contributed by atoms with van der Waals surface area (Å²) in [7, 11) is 0. The predicted octanol–water partition coefficient (Wildman–Crippen LogP) is 3.25. The number of aryl methyl sites for hydroxylation is 3. The second kappa shape index (κ2) is 6.44. The van der Waals surface area contributed by atoms with E-state index in [4.69, 9.17) is 0 Å². The van der Waals surface area contributed by atoms with Crippen LogP contribution in [0.4, 0.5) is 0 Å². The van der Waals surface area contributed by atoms with Crippen LogP contribution in [0.1, 0.15) is 47.2 Å². The molecule has 0 bridgehead atoms. The number of benzene rings is 1. The molecule has 1 N–H and O–H groups in total. The first kappa shape index (κ1) is 16.0. The number of hydrogen-bond acceptors (Lipinski definition) is 4. The maximum atomic E-state index is 4.57. The van der Waals surface area contributed by atoms with Crippen molar-refractivity contribution < 1.29 is 0 Å². The van der Waals surface area contributed by atoms with E-state index in [1.54, 1.807) is 0 Å². The van der Waals surface area contributed by atoms with Crippen LogP contribution in [0.15, 0.2) is 30.6 Å². The van der Waals surface area contributed by atoms with E-state index in [1.807, 2.05) is 30.1 Å². The third kappa shape index (κ3) is 3.09. The topological polar surface area (TPSA) is 62.6 Å². The van der Waals surface area contributed by atoms with E-state index < -0.39 is 0 Å². The molecule has 0 saturated carbocycles.